The van der Waals surface area contributed by atoms with Gasteiger partial charge in [-0.15, -0.1) is 0 Å². The molecule has 11 unspecified atom stereocenters. The summed E-state index contributed by atoms with van der Waals surface area (Å²) in [6, 6.07) is 0. The fraction of sp³-hybridized carbons (Fsp3) is 0.739. The first-order valence-corrected chi connectivity index (χ1v) is 32.0. The summed E-state index contributed by atoms with van der Waals surface area (Å²) >= 11 is 0. The number of fused-ring (bicyclic) bond motifs is 9. The van der Waals surface area contributed by atoms with Crippen molar-refractivity contribution in [3.8, 4) is 0 Å². The minimum Gasteiger partial charge on any atom is -0.460 e. The van der Waals surface area contributed by atoms with Gasteiger partial charge in [-0.1, -0.05) is 58.7 Å². The lowest BCUT2D eigenvalue weighted by atomic mass is 9.54. The van der Waals surface area contributed by atoms with Gasteiger partial charge in [-0.05, 0) is 253 Å². The van der Waals surface area contributed by atoms with Gasteiger partial charge in [0, 0.05) is 34.9 Å². The number of carbonyl (C=O) groups is 6. The normalized spacial score (nSPS) is 34.3. The molecule has 0 amide bonds. The maximum Gasteiger partial charge on any atom is 0.333 e. The van der Waals surface area contributed by atoms with Crippen LogP contribution in [0.25, 0.3) is 0 Å². The third kappa shape index (κ3) is 18.9. The van der Waals surface area contributed by atoms with Crippen LogP contribution < -0.4 is 0 Å². The lowest BCUT2D eigenvalue weighted by Gasteiger charge is -2.55. The fourth-order valence-electron chi connectivity index (χ4n) is 17.0. The van der Waals surface area contributed by atoms with Crippen LogP contribution in [0.4, 0.5) is 0 Å². The summed E-state index contributed by atoms with van der Waals surface area (Å²) < 4.78 is 37.5. The van der Waals surface area contributed by atoms with Crippen molar-refractivity contribution < 1.29 is 61.9 Å². The standard InChI is InChI=1S/C15H22O3.C14H20O2.C11H16O2.C10H14O2.C10H16O2.C9H14O2/c1-2-15(16)18-7-6-17-14-9-10-8-13(14)12-5-3-4-11(10)12;1-9(2)13(15)16-14-6-10-3-11(7-14)5-12(4-10)8-14;1-7(2)11(12)13-10-6-8-3-4-9(10)5-8;1-2-10(11)12-9-6-7-3-4-8(9)5-7;1-8(2)10(11)12-9-6-4-3-5-7-9;1-2-9(10)11-8-6-4-3-5-7-8/h2,10-14H,1,3-9H2;10-12H,1,3-8H2,2H3;8-10H,1,3-6H2,2H3;2,7-9H,1,3-6H2;9H,1,3-7H2,2H3;2,8H,1,3-7H2. The lowest BCUT2D eigenvalue weighted by molar-refractivity contribution is -0.182. The van der Waals surface area contributed by atoms with Crippen molar-refractivity contribution in [3.05, 3.63) is 74.4 Å². The Labute approximate surface area is 491 Å². The van der Waals surface area contributed by atoms with E-state index in [0.717, 1.165) is 111 Å². The van der Waals surface area contributed by atoms with Gasteiger partial charge >= 0.3 is 35.8 Å². The van der Waals surface area contributed by atoms with E-state index in [1.807, 2.05) is 0 Å². The summed E-state index contributed by atoms with van der Waals surface area (Å²) in [6.07, 6.45) is 40.5. The monoisotopic (exact) mass is 1140 g/mol. The summed E-state index contributed by atoms with van der Waals surface area (Å²) in [7, 11) is 0. The number of esters is 6. The van der Waals surface area contributed by atoms with Gasteiger partial charge in [0.25, 0.3) is 0 Å². The first-order chi connectivity index (χ1) is 39.3. The van der Waals surface area contributed by atoms with Crippen molar-refractivity contribution in [3.63, 3.8) is 0 Å². The molecule has 0 heterocycles. The van der Waals surface area contributed by atoms with E-state index in [2.05, 4.69) is 39.5 Å². The van der Waals surface area contributed by atoms with Gasteiger partial charge in [0.2, 0.25) is 0 Å². The zero-order chi connectivity index (χ0) is 58.9. The summed E-state index contributed by atoms with van der Waals surface area (Å²) in [6.45, 7) is 26.9. The van der Waals surface area contributed by atoms with E-state index >= 15 is 0 Å². The second-order valence-electron chi connectivity index (χ2n) is 26.8. The molecule has 13 rings (SSSR count). The topological polar surface area (TPSA) is 167 Å². The first-order valence-electron chi connectivity index (χ1n) is 32.0. The molecule has 13 fully saturated rings. The molecular formula is C69H102O13. The molecule has 10 bridgehead atoms. The van der Waals surface area contributed by atoms with Crippen molar-refractivity contribution in [1.82, 2.24) is 0 Å². The summed E-state index contributed by atoms with van der Waals surface area (Å²) in [4.78, 5) is 66.6. The molecule has 0 N–H and O–H groups in total. The largest absolute Gasteiger partial charge is 0.460 e. The van der Waals surface area contributed by atoms with E-state index < -0.39 is 0 Å². The summed E-state index contributed by atoms with van der Waals surface area (Å²) in [5.41, 5.74) is 1.45. The molecular weight excluding hydrogens is 1040 g/mol. The summed E-state index contributed by atoms with van der Waals surface area (Å²) in [5.74, 6) is 7.56. The van der Waals surface area contributed by atoms with Crippen molar-refractivity contribution in [2.24, 2.45) is 65.1 Å². The number of hydrogen-bond acceptors (Lipinski definition) is 13. The minimum absolute atomic E-state index is 0.106. The average molecular weight is 1140 g/mol. The molecule has 0 aromatic heterocycles. The molecule has 456 valence electrons. The molecule has 82 heavy (non-hydrogen) atoms. The van der Waals surface area contributed by atoms with Crippen LogP contribution in [0.3, 0.4) is 0 Å². The quantitative estimate of drug-likeness (QED) is 0.0658. The van der Waals surface area contributed by atoms with Gasteiger partial charge in [0.1, 0.15) is 36.6 Å². The van der Waals surface area contributed by atoms with Crippen LogP contribution in [0, 0.1) is 65.1 Å². The Kier molecular flexibility index (Phi) is 24.8. The summed E-state index contributed by atoms with van der Waals surface area (Å²) in [5, 5.41) is 0. The van der Waals surface area contributed by atoms with E-state index in [1.165, 1.54) is 147 Å². The third-order valence-electron chi connectivity index (χ3n) is 20.4. The van der Waals surface area contributed by atoms with Crippen LogP contribution >= 0.6 is 0 Å². The van der Waals surface area contributed by atoms with Crippen molar-refractivity contribution >= 4 is 35.8 Å². The Hall–Kier alpha value is -4.78. The first kappa shape index (κ1) is 64.8. The highest BCUT2D eigenvalue weighted by atomic mass is 16.6. The van der Waals surface area contributed by atoms with E-state index in [4.69, 9.17) is 33.2 Å². The molecule has 0 aromatic carbocycles. The Morgan fingerprint density at radius 1 is 0.402 bits per heavy atom. The molecule has 13 aliphatic carbocycles. The highest BCUT2D eigenvalue weighted by Crippen LogP contribution is 2.60. The maximum atomic E-state index is 11.7. The van der Waals surface area contributed by atoms with Crippen LogP contribution in [-0.4, -0.2) is 85.2 Å². The maximum absolute atomic E-state index is 11.7. The molecule has 0 aromatic rings. The Balaban J connectivity index is 0.000000143. The van der Waals surface area contributed by atoms with Crippen molar-refractivity contribution in [2.75, 3.05) is 13.2 Å². The predicted molar refractivity (Wildman–Crippen MR) is 316 cm³/mol. The van der Waals surface area contributed by atoms with E-state index in [9.17, 15) is 28.8 Å². The van der Waals surface area contributed by atoms with Gasteiger partial charge in [-0.2, -0.15) is 0 Å². The van der Waals surface area contributed by atoms with Crippen LogP contribution in [-0.2, 0) is 61.9 Å². The molecule has 0 radical (unpaired) electrons. The SMILES string of the molecule is C=C(C)C(=O)OC12CC3CC(CC(C3)C1)C2.C=C(C)C(=O)OC1CC2CCC1C2.C=C(C)C(=O)OC1CCCCC1.C=CC(=O)OC1CC2CCC1C2.C=CC(=O)OC1CCCCC1.C=CC(=O)OCCOC1CC2CC1C1CCCC21. The number of hydrogen-bond donors (Lipinski definition) is 0. The van der Waals surface area contributed by atoms with Gasteiger partial charge in [-0.3, -0.25) is 0 Å². The molecule has 13 nitrogen and oxygen atoms in total. The minimum atomic E-state index is -0.359. The van der Waals surface area contributed by atoms with Crippen LogP contribution in [0.1, 0.15) is 207 Å². The van der Waals surface area contributed by atoms with Crippen molar-refractivity contribution in [2.45, 2.75) is 243 Å². The lowest BCUT2D eigenvalue weighted by Crippen LogP contribution is -2.52. The average Bonchev–Trinajstić information content (AvgIpc) is 2.58. The van der Waals surface area contributed by atoms with Gasteiger partial charge in [0.15, 0.2) is 0 Å². The second-order valence-corrected chi connectivity index (χ2v) is 26.8. The smallest absolute Gasteiger partial charge is 0.333 e. The molecule has 0 spiro atoms. The van der Waals surface area contributed by atoms with E-state index in [0.29, 0.717) is 47.9 Å². The van der Waals surface area contributed by atoms with E-state index in [-0.39, 0.29) is 65.8 Å². The molecule has 13 heteroatoms. The number of ether oxygens (including phenoxy) is 7. The third-order valence-corrected chi connectivity index (χ3v) is 20.4. The predicted octanol–water partition coefficient (Wildman–Crippen LogP) is 14.3. The van der Waals surface area contributed by atoms with Gasteiger partial charge < -0.3 is 33.2 Å². The Bertz CT molecular complexity index is 2210. The van der Waals surface area contributed by atoms with Crippen LogP contribution in [0.5, 0.6) is 0 Å². The Morgan fingerprint density at radius 2 is 0.878 bits per heavy atom. The van der Waals surface area contributed by atoms with Crippen molar-refractivity contribution in [1.29, 1.82) is 0 Å². The fourth-order valence-corrected chi connectivity index (χ4v) is 17.0. The van der Waals surface area contributed by atoms with Gasteiger partial charge in [-0.25, -0.2) is 28.8 Å². The van der Waals surface area contributed by atoms with E-state index in [1.54, 1.807) is 20.8 Å². The zero-order valence-electron chi connectivity index (χ0n) is 50.4. The number of carbonyl (C=O) groups excluding carboxylic acids is 6. The van der Waals surface area contributed by atoms with Crippen LogP contribution in [0.2, 0.25) is 0 Å². The molecule has 0 saturated heterocycles. The number of rotatable bonds is 15. The van der Waals surface area contributed by atoms with Gasteiger partial charge in [0.05, 0.1) is 12.7 Å². The highest BCUT2D eigenvalue weighted by molar-refractivity contribution is 5.88. The van der Waals surface area contributed by atoms with Crippen LogP contribution in [0.15, 0.2) is 74.4 Å². The zero-order valence-corrected chi connectivity index (χ0v) is 50.4. The highest BCUT2D eigenvalue weighted by Gasteiger charge is 2.55. The molecule has 11 atom stereocenters. The molecule has 13 aliphatic rings. The second kappa shape index (κ2) is 31.4. The molecule has 0 aliphatic heterocycles. The Morgan fingerprint density at radius 3 is 1.35 bits per heavy atom. The molecule has 13 saturated carbocycles.